The zero-order valence-corrected chi connectivity index (χ0v) is 25.1. The maximum absolute atomic E-state index is 12.1. The highest BCUT2D eigenvalue weighted by molar-refractivity contribution is 8.03. The molecule has 3 fully saturated rings. The summed E-state index contributed by atoms with van der Waals surface area (Å²) in [7, 11) is 0. The molecule has 5 aliphatic rings. The molecular formula is C28H40N4O8S. The Hall–Kier alpha value is -2.90. The van der Waals surface area contributed by atoms with E-state index in [1.54, 1.807) is 20.8 Å². The molecule has 0 aromatic carbocycles. The molecular weight excluding hydrogens is 552 g/mol. The number of thioether (sulfide) groups is 1. The molecule has 0 bridgehead atoms. The lowest BCUT2D eigenvalue weighted by Gasteiger charge is -2.44. The van der Waals surface area contributed by atoms with Crippen LogP contribution in [0.3, 0.4) is 0 Å². The third-order valence-electron chi connectivity index (χ3n) is 8.66. The molecule has 5 heterocycles. The summed E-state index contributed by atoms with van der Waals surface area (Å²) in [4.78, 5) is 52.4. The second-order valence-corrected chi connectivity index (χ2v) is 13.9. The van der Waals surface area contributed by atoms with E-state index in [4.69, 9.17) is 5.41 Å². The second kappa shape index (κ2) is 11.1. The number of carbonyl (C=O) groups excluding carboxylic acids is 2. The Morgan fingerprint density at radius 1 is 0.927 bits per heavy atom. The number of nitrogens with zero attached hydrogens (tertiary/aromatic N) is 3. The number of carbonyl (C=O) groups is 4. The van der Waals surface area contributed by atoms with Gasteiger partial charge in [-0.15, -0.1) is 11.8 Å². The molecule has 0 aromatic rings. The van der Waals surface area contributed by atoms with Gasteiger partial charge in [0.15, 0.2) is 0 Å². The largest absolute Gasteiger partial charge is 0.477 e. The van der Waals surface area contributed by atoms with Gasteiger partial charge in [-0.1, -0.05) is 20.8 Å². The predicted octanol–water partition coefficient (Wildman–Crippen LogP) is 1.68. The molecule has 0 aromatic heterocycles. The number of hydrogen-bond acceptors (Lipinski definition) is 8. The standard InChI is InChI=1S/C15H21N3O4S.C13H19NO4/c1-7(19)12-10-5-11(13(15(21)22)18(10)14(12)20)23-9-3-4-17(6-9)8(2)16;1-6(15)9-8-5-7(13(2,3)4)10(12(17)18)14(8)11(9)16/h7,9-10,12,16,19H,3-6H2,1-2H3,(H,21,22);6,8-9,15H,5H2,1-4H3,(H,17,18)/t7-,9+,10-,12-;6-,8-,9-/m11/s1. The molecule has 7 atom stereocenters. The number of nitrogens with one attached hydrogen (secondary N) is 1. The number of carboxylic acids is 2. The maximum Gasteiger partial charge on any atom is 0.353 e. The van der Waals surface area contributed by atoms with Crippen molar-refractivity contribution in [3.05, 3.63) is 21.9 Å². The molecule has 41 heavy (non-hydrogen) atoms. The molecule has 2 amide bonds. The number of hydrogen-bond donors (Lipinski definition) is 5. The number of rotatable bonds is 6. The number of aliphatic hydroxyl groups excluding tert-OH is 2. The van der Waals surface area contributed by atoms with Gasteiger partial charge in [0, 0.05) is 29.7 Å². The summed E-state index contributed by atoms with van der Waals surface area (Å²) in [5.74, 6) is -3.12. The summed E-state index contributed by atoms with van der Waals surface area (Å²) < 4.78 is 0. The van der Waals surface area contributed by atoms with Gasteiger partial charge in [0.1, 0.15) is 11.4 Å². The number of carboxylic acid groups (broad SMARTS) is 2. The van der Waals surface area contributed by atoms with Crippen LogP contribution in [0.1, 0.15) is 60.8 Å². The van der Waals surface area contributed by atoms with Gasteiger partial charge in [-0.05, 0) is 44.6 Å². The first-order chi connectivity index (χ1) is 19.0. The van der Waals surface area contributed by atoms with Crippen LogP contribution < -0.4 is 0 Å². The van der Waals surface area contributed by atoms with Gasteiger partial charge >= 0.3 is 11.9 Å². The lowest BCUT2D eigenvalue weighted by molar-refractivity contribution is -0.161. The Bertz CT molecular complexity index is 1240. The Morgan fingerprint density at radius 3 is 1.83 bits per heavy atom. The minimum atomic E-state index is -1.08. The molecule has 0 radical (unpaired) electrons. The molecule has 0 saturated carbocycles. The molecule has 3 saturated heterocycles. The van der Waals surface area contributed by atoms with Gasteiger partial charge in [-0.25, -0.2) is 9.59 Å². The van der Waals surface area contributed by atoms with Crippen molar-refractivity contribution in [2.45, 2.75) is 90.3 Å². The Labute approximate surface area is 243 Å². The minimum Gasteiger partial charge on any atom is -0.477 e. The van der Waals surface area contributed by atoms with E-state index in [0.717, 1.165) is 30.0 Å². The summed E-state index contributed by atoms with van der Waals surface area (Å²) >= 11 is 1.52. The smallest absolute Gasteiger partial charge is 0.353 e. The highest BCUT2D eigenvalue weighted by Crippen LogP contribution is 2.50. The van der Waals surface area contributed by atoms with E-state index in [-0.39, 0.29) is 46.0 Å². The first-order valence-corrected chi connectivity index (χ1v) is 14.8. The fraction of sp³-hybridized carbons (Fsp3) is 0.679. The molecule has 5 rings (SSSR count). The zero-order valence-electron chi connectivity index (χ0n) is 24.2. The summed E-state index contributed by atoms with van der Waals surface area (Å²) in [6, 6.07) is -0.407. The Kier molecular flexibility index (Phi) is 8.38. The predicted molar refractivity (Wildman–Crippen MR) is 151 cm³/mol. The van der Waals surface area contributed by atoms with Crippen molar-refractivity contribution >= 4 is 41.4 Å². The average Bonchev–Trinajstić information content (AvgIpc) is 3.52. The van der Waals surface area contributed by atoms with Crippen LogP contribution in [0.4, 0.5) is 0 Å². The van der Waals surface area contributed by atoms with E-state index in [1.807, 2.05) is 25.7 Å². The van der Waals surface area contributed by atoms with Crippen LogP contribution in [-0.2, 0) is 19.2 Å². The van der Waals surface area contributed by atoms with Gasteiger partial charge < -0.3 is 35.1 Å². The number of likely N-dealkylation sites (tertiary alicyclic amines) is 1. The summed E-state index contributed by atoms with van der Waals surface area (Å²) in [6.45, 7) is 12.3. The number of β-lactam (4-membered cyclic amide) rings is 2. The number of aliphatic hydroxyl groups is 2. The van der Waals surface area contributed by atoms with Gasteiger partial charge in [-0.3, -0.25) is 15.0 Å². The van der Waals surface area contributed by atoms with Gasteiger partial charge in [-0.2, -0.15) is 0 Å². The van der Waals surface area contributed by atoms with Gasteiger partial charge in [0.25, 0.3) is 0 Å². The molecule has 5 N–H and O–H groups in total. The highest BCUT2D eigenvalue weighted by Gasteiger charge is 2.58. The number of amidine groups is 1. The molecule has 13 heteroatoms. The minimum absolute atomic E-state index is 0.0897. The van der Waals surface area contributed by atoms with Crippen molar-refractivity contribution in [3.63, 3.8) is 0 Å². The molecule has 226 valence electrons. The molecule has 5 aliphatic heterocycles. The van der Waals surface area contributed by atoms with Crippen LogP contribution in [-0.4, -0.2) is 107 Å². The fourth-order valence-electron chi connectivity index (χ4n) is 6.60. The van der Waals surface area contributed by atoms with Crippen LogP contribution in [0.25, 0.3) is 0 Å². The SMILES string of the molecule is CC(=N)N1CC[C@H](SC2=C(C(=O)O)N3C(=O)[C@H]([C@@H](C)O)[C@H]3C2)C1.C[C@@H](O)[C@H]1C(=O)N2C(C(=O)O)=C(C(C)(C)C)C[C@H]12. The lowest BCUT2D eigenvalue weighted by atomic mass is 9.79. The van der Waals surface area contributed by atoms with E-state index in [1.165, 1.54) is 21.6 Å². The van der Waals surface area contributed by atoms with Crippen LogP contribution in [0.15, 0.2) is 21.9 Å². The number of aliphatic carboxylic acids is 2. The summed E-state index contributed by atoms with van der Waals surface area (Å²) in [6.07, 6.45) is 0.467. The zero-order chi connectivity index (χ0) is 30.7. The first kappa shape index (κ1) is 31.0. The van der Waals surface area contributed by atoms with Crippen molar-refractivity contribution in [1.82, 2.24) is 14.7 Å². The van der Waals surface area contributed by atoms with Crippen molar-refractivity contribution in [2.75, 3.05) is 13.1 Å². The Balaban J connectivity index is 0.000000195. The third-order valence-corrected chi connectivity index (χ3v) is 10.0. The van der Waals surface area contributed by atoms with Crippen LogP contribution in [0.5, 0.6) is 0 Å². The van der Waals surface area contributed by atoms with E-state index < -0.39 is 36.0 Å². The maximum atomic E-state index is 12.1. The highest BCUT2D eigenvalue weighted by atomic mass is 32.2. The van der Waals surface area contributed by atoms with Crippen molar-refractivity contribution in [2.24, 2.45) is 17.3 Å². The summed E-state index contributed by atoms with van der Waals surface area (Å²) in [5.41, 5.74) is 0.715. The number of amides is 2. The third kappa shape index (κ3) is 5.39. The molecule has 0 unspecified atom stereocenters. The van der Waals surface area contributed by atoms with E-state index in [9.17, 15) is 39.6 Å². The van der Waals surface area contributed by atoms with Crippen LogP contribution in [0, 0.1) is 22.7 Å². The van der Waals surface area contributed by atoms with E-state index in [0.29, 0.717) is 18.7 Å². The molecule has 0 aliphatic carbocycles. The van der Waals surface area contributed by atoms with Gasteiger partial charge in [0.2, 0.25) is 11.8 Å². The topological polar surface area (TPSA) is 183 Å². The quantitative estimate of drug-likeness (QED) is 0.173. The van der Waals surface area contributed by atoms with E-state index in [2.05, 4.69) is 0 Å². The van der Waals surface area contributed by atoms with E-state index >= 15 is 0 Å². The first-order valence-electron chi connectivity index (χ1n) is 13.9. The van der Waals surface area contributed by atoms with Crippen LogP contribution >= 0.6 is 11.8 Å². The Morgan fingerprint density at radius 2 is 1.41 bits per heavy atom. The molecule has 0 spiro atoms. The fourth-order valence-corrected chi connectivity index (χ4v) is 8.04. The van der Waals surface area contributed by atoms with Crippen molar-refractivity contribution in [3.8, 4) is 0 Å². The lowest BCUT2D eigenvalue weighted by Crippen LogP contribution is -2.61. The molecule has 12 nitrogen and oxygen atoms in total. The monoisotopic (exact) mass is 592 g/mol. The van der Waals surface area contributed by atoms with Gasteiger partial charge in [0.05, 0.1) is 42.0 Å². The average molecular weight is 593 g/mol. The van der Waals surface area contributed by atoms with Crippen molar-refractivity contribution in [1.29, 1.82) is 5.41 Å². The normalized spacial score (nSPS) is 30.3. The second-order valence-electron chi connectivity index (χ2n) is 12.5. The number of fused-ring (bicyclic) bond motifs is 2. The van der Waals surface area contributed by atoms with Crippen molar-refractivity contribution < 1.29 is 39.6 Å². The summed E-state index contributed by atoms with van der Waals surface area (Å²) in [5, 5.41) is 46.0. The van der Waals surface area contributed by atoms with Crippen LogP contribution in [0.2, 0.25) is 0 Å².